The fourth-order valence-corrected chi connectivity index (χ4v) is 4.02. The third-order valence-electron chi connectivity index (χ3n) is 2.16. The smallest absolute Gasteiger partial charge is 0.262 e. The van der Waals surface area contributed by atoms with E-state index in [1.54, 1.807) is 12.1 Å². The third-order valence-corrected chi connectivity index (χ3v) is 5.60. The molecular formula is C10H9Cl2N3O2S2. The lowest BCUT2D eigenvalue weighted by Crippen LogP contribution is -2.12. The number of hydrogen-bond donors (Lipinski definition) is 1. The number of nitrogens with zero attached hydrogens (tertiary/aromatic N) is 2. The van der Waals surface area contributed by atoms with Crippen LogP contribution in [0.5, 0.6) is 0 Å². The maximum absolute atomic E-state index is 12.1. The summed E-state index contributed by atoms with van der Waals surface area (Å²) in [4.78, 5) is 8.38. The summed E-state index contributed by atoms with van der Waals surface area (Å²) in [6.45, 7) is 1.96. The van der Waals surface area contributed by atoms with Crippen LogP contribution >= 0.6 is 34.5 Å². The van der Waals surface area contributed by atoms with Crippen LogP contribution in [0.25, 0.3) is 0 Å². The van der Waals surface area contributed by atoms with Crippen molar-refractivity contribution in [3.8, 4) is 0 Å². The van der Waals surface area contributed by atoms with E-state index in [0.717, 1.165) is 11.3 Å². The molecule has 0 unspecified atom stereocenters. The molecule has 0 aliphatic carbocycles. The van der Waals surface area contributed by atoms with Crippen LogP contribution in [0.15, 0.2) is 22.4 Å². The molecule has 0 aromatic carbocycles. The Hall–Kier alpha value is -0.890. The first-order valence-corrected chi connectivity index (χ1v) is 8.28. The molecule has 0 fully saturated rings. The molecule has 2 rings (SSSR count). The van der Waals surface area contributed by atoms with Crippen LogP contribution < -0.4 is 4.72 Å². The Balaban J connectivity index is 2.30. The summed E-state index contributed by atoms with van der Waals surface area (Å²) in [5, 5.41) is -0.0521. The van der Waals surface area contributed by atoms with Crippen molar-refractivity contribution in [1.29, 1.82) is 0 Å². The summed E-state index contributed by atoms with van der Waals surface area (Å²) in [5.74, 6) is 0.0384. The summed E-state index contributed by atoms with van der Waals surface area (Å²) >= 11 is 12.5. The first-order chi connectivity index (χ1) is 8.90. The van der Waals surface area contributed by atoms with E-state index in [1.165, 1.54) is 17.4 Å². The first-order valence-electron chi connectivity index (χ1n) is 5.22. The van der Waals surface area contributed by atoms with Crippen LogP contribution in [0.1, 0.15) is 11.8 Å². The van der Waals surface area contributed by atoms with Gasteiger partial charge in [0.05, 0.1) is 0 Å². The molecule has 19 heavy (non-hydrogen) atoms. The van der Waals surface area contributed by atoms with E-state index in [0.29, 0.717) is 0 Å². The second-order valence-corrected chi connectivity index (χ2v) is 7.33. The van der Waals surface area contributed by atoms with Crippen LogP contribution in [0.3, 0.4) is 0 Å². The molecule has 0 saturated heterocycles. The van der Waals surface area contributed by atoms with Gasteiger partial charge < -0.3 is 0 Å². The number of thiophene rings is 1. The molecule has 0 bridgehead atoms. The molecule has 0 aliphatic heterocycles. The van der Waals surface area contributed by atoms with E-state index in [-0.39, 0.29) is 20.5 Å². The number of halogens is 2. The minimum absolute atomic E-state index is 0.0384. The molecule has 0 radical (unpaired) electrons. The Morgan fingerprint density at radius 2 is 2.05 bits per heavy atom. The van der Waals surface area contributed by atoms with Gasteiger partial charge in [-0.15, -0.1) is 11.3 Å². The maximum atomic E-state index is 12.1. The van der Waals surface area contributed by atoms with E-state index in [2.05, 4.69) is 14.7 Å². The van der Waals surface area contributed by atoms with Crippen molar-refractivity contribution in [3.05, 3.63) is 33.5 Å². The van der Waals surface area contributed by atoms with E-state index in [9.17, 15) is 8.42 Å². The van der Waals surface area contributed by atoms with Gasteiger partial charge in [-0.3, -0.25) is 4.72 Å². The molecule has 2 aromatic heterocycles. The van der Waals surface area contributed by atoms with Crippen LogP contribution in [-0.2, 0) is 16.4 Å². The molecule has 1 N–H and O–H groups in total. The maximum Gasteiger partial charge on any atom is 0.272 e. The van der Waals surface area contributed by atoms with Crippen LogP contribution in [0.4, 0.5) is 5.82 Å². The minimum atomic E-state index is -3.68. The van der Waals surface area contributed by atoms with E-state index >= 15 is 0 Å². The number of anilines is 1. The van der Waals surface area contributed by atoms with Gasteiger partial charge in [0.15, 0.2) is 0 Å². The lowest BCUT2D eigenvalue weighted by Gasteiger charge is -2.05. The van der Waals surface area contributed by atoms with Crippen molar-refractivity contribution in [3.63, 3.8) is 0 Å². The Kier molecular flexibility index (Phi) is 4.29. The quantitative estimate of drug-likeness (QED) is 0.686. The van der Waals surface area contributed by atoms with Gasteiger partial charge in [0.25, 0.3) is 10.0 Å². The molecule has 2 aromatic rings. The fourth-order valence-electron chi connectivity index (χ4n) is 1.32. The summed E-state index contributed by atoms with van der Waals surface area (Å²) < 4.78 is 26.7. The van der Waals surface area contributed by atoms with Crippen molar-refractivity contribution >= 4 is 50.4 Å². The summed E-state index contributed by atoms with van der Waals surface area (Å²) in [7, 11) is -3.68. The van der Waals surface area contributed by atoms with Crippen molar-refractivity contribution in [2.24, 2.45) is 0 Å². The Morgan fingerprint density at radius 1 is 1.32 bits per heavy atom. The van der Waals surface area contributed by atoms with Crippen molar-refractivity contribution in [2.45, 2.75) is 17.6 Å². The van der Waals surface area contributed by atoms with E-state index in [4.69, 9.17) is 23.2 Å². The lowest BCUT2D eigenvalue weighted by molar-refractivity contribution is 0.603. The number of hydrogen-bond acceptors (Lipinski definition) is 5. The second kappa shape index (κ2) is 5.62. The van der Waals surface area contributed by atoms with E-state index < -0.39 is 10.0 Å². The van der Waals surface area contributed by atoms with Crippen molar-refractivity contribution in [1.82, 2.24) is 9.97 Å². The molecule has 0 amide bonds. The average molecular weight is 338 g/mol. The lowest BCUT2D eigenvalue weighted by atomic mass is 10.4. The number of rotatable bonds is 4. The third kappa shape index (κ3) is 3.56. The highest BCUT2D eigenvalue weighted by Crippen LogP contribution is 2.24. The molecule has 0 atom stereocenters. The van der Waals surface area contributed by atoms with Crippen LogP contribution in [-0.4, -0.2) is 18.4 Å². The largest absolute Gasteiger partial charge is 0.272 e. The van der Waals surface area contributed by atoms with Crippen molar-refractivity contribution < 1.29 is 8.42 Å². The number of aryl methyl sites for hydroxylation is 1. The summed E-state index contributed by atoms with van der Waals surface area (Å²) in [5.41, 5.74) is 0. The zero-order valence-electron chi connectivity index (χ0n) is 9.72. The zero-order chi connectivity index (χ0) is 14.0. The highest BCUT2D eigenvalue weighted by Gasteiger charge is 2.18. The molecular weight excluding hydrogens is 329 g/mol. The molecule has 9 heteroatoms. The number of nitrogens with one attached hydrogen (secondary N) is 1. The van der Waals surface area contributed by atoms with Gasteiger partial charge in [-0.25, -0.2) is 13.4 Å². The van der Waals surface area contributed by atoms with Gasteiger partial charge in [0, 0.05) is 10.9 Å². The predicted octanol–water partition coefficient (Wildman–Crippen LogP) is 3.21. The summed E-state index contributed by atoms with van der Waals surface area (Å²) in [6.07, 6.45) is 0.783. The van der Waals surface area contributed by atoms with Crippen molar-refractivity contribution in [2.75, 3.05) is 4.72 Å². The SMILES string of the molecule is CCc1ccc(S(=O)(=O)Nc2cc(Cl)nc(Cl)n2)s1. The topological polar surface area (TPSA) is 72.0 Å². The van der Waals surface area contributed by atoms with Crippen LogP contribution in [0, 0.1) is 0 Å². The molecule has 0 spiro atoms. The predicted molar refractivity (Wildman–Crippen MR) is 76.6 cm³/mol. The minimum Gasteiger partial charge on any atom is -0.262 e. The van der Waals surface area contributed by atoms with E-state index in [1.807, 2.05) is 6.92 Å². The highest BCUT2D eigenvalue weighted by molar-refractivity contribution is 7.94. The van der Waals surface area contributed by atoms with Gasteiger partial charge >= 0.3 is 0 Å². The normalized spacial score (nSPS) is 11.5. The van der Waals surface area contributed by atoms with Gasteiger partial charge in [-0.2, -0.15) is 4.98 Å². The fraction of sp³-hybridized carbons (Fsp3) is 0.200. The molecule has 5 nitrogen and oxygen atoms in total. The monoisotopic (exact) mass is 337 g/mol. The van der Waals surface area contributed by atoms with Crippen LogP contribution in [0.2, 0.25) is 10.4 Å². The van der Waals surface area contributed by atoms with Gasteiger partial charge in [0.2, 0.25) is 5.28 Å². The number of aromatic nitrogens is 2. The average Bonchev–Trinajstić information content (AvgIpc) is 2.75. The summed E-state index contributed by atoms with van der Waals surface area (Å²) in [6, 6.07) is 4.62. The second-order valence-electron chi connectivity index (χ2n) is 3.52. The molecule has 2 heterocycles. The van der Waals surface area contributed by atoms with Gasteiger partial charge in [0.1, 0.15) is 15.2 Å². The first kappa shape index (κ1) is 14.5. The molecule has 0 saturated carbocycles. The van der Waals surface area contributed by atoms with Gasteiger partial charge in [-0.05, 0) is 30.2 Å². The zero-order valence-corrected chi connectivity index (χ0v) is 12.9. The Morgan fingerprint density at radius 3 is 2.63 bits per heavy atom. The standard InChI is InChI=1S/C10H9Cl2N3O2S2/c1-2-6-3-4-9(18-6)19(16,17)15-8-5-7(11)13-10(12)14-8/h3-5H,2H2,1H3,(H,13,14,15). The molecule has 0 aliphatic rings. The van der Waals surface area contributed by atoms with Gasteiger partial charge in [-0.1, -0.05) is 18.5 Å². The molecule has 102 valence electrons. The number of sulfonamides is 1. The Bertz CT molecular complexity index is 680. The highest BCUT2D eigenvalue weighted by atomic mass is 35.5. The Labute approximate surface area is 124 Å².